The number of aromatic amines is 1. The lowest BCUT2D eigenvalue weighted by Crippen LogP contribution is -2.06. The predicted octanol–water partition coefficient (Wildman–Crippen LogP) is 3.91. The van der Waals surface area contributed by atoms with Crippen molar-refractivity contribution in [2.75, 3.05) is 14.2 Å². The number of aromatic nitrogens is 5. The van der Waals surface area contributed by atoms with E-state index in [-0.39, 0.29) is 22.6 Å². The summed E-state index contributed by atoms with van der Waals surface area (Å²) >= 11 is 6.18. The van der Waals surface area contributed by atoms with Crippen molar-refractivity contribution in [1.82, 2.24) is 25.3 Å². The molecule has 0 atom stereocenters. The van der Waals surface area contributed by atoms with Crippen LogP contribution >= 0.6 is 11.6 Å². The number of rotatable bonds is 7. The van der Waals surface area contributed by atoms with Crippen molar-refractivity contribution in [3.8, 4) is 34.5 Å². The number of benzene rings is 2. The van der Waals surface area contributed by atoms with Gasteiger partial charge in [-0.2, -0.15) is 4.98 Å². The maximum Gasteiger partial charge on any atom is 0.336 e. The zero-order valence-corrected chi connectivity index (χ0v) is 19.3. The van der Waals surface area contributed by atoms with Crippen LogP contribution in [0.3, 0.4) is 0 Å². The molecule has 0 radical (unpaired) electrons. The standard InChI is InChI=1S/C21H16ClN5O6S/c1-30-15-8-12(9-16(31-2)18(15)22)19-24-17(27-33-19)10-34(28,29)21-26-25-20(32-21)14-7-11-5-3-4-6-13(11)23-14/h3-9,23H,10H2,1-2H3. The van der Waals surface area contributed by atoms with Crippen LogP contribution in [0.1, 0.15) is 5.82 Å². The molecule has 0 aliphatic heterocycles. The fourth-order valence-corrected chi connectivity index (χ4v) is 4.50. The van der Waals surface area contributed by atoms with Crippen LogP contribution in [-0.2, 0) is 15.6 Å². The van der Waals surface area contributed by atoms with Crippen molar-refractivity contribution in [1.29, 1.82) is 0 Å². The van der Waals surface area contributed by atoms with Crippen molar-refractivity contribution in [2.24, 2.45) is 0 Å². The summed E-state index contributed by atoms with van der Waals surface area (Å²) in [5.41, 5.74) is 1.80. The van der Waals surface area contributed by atoms with Gasteiger partial charge in [0.15, 0.2) is 5.82 Å². The van der Waals surface area contributed by atoms with Crippen LogP contribution in [0, 0.1) is 0 Å². The number of para-hydroxylation sites is 1. The van der Waals surface area contributed by atoms with E-state index in [4.69, 9.17) is 30.0 Å². The topological polar surface area (TPSA) is 146 Å². The Morgan fingerprint density at radius 2 is 1.76 bits per heavy atom. The van der Waals surface area contributed by atoms with Crippen molar-refractivity contribution < 1.29 is 26.8 Å². The summed E-state index contributed by atoms with van der Waals surface area (Å²) in [6.07, 6.45) is 0. The Kier molecular flexibility index (Phi) is 5.46. The molecule has 5 rings (SSSR count). The highest BCUT2D eigenvalue weighted by Gasteiger charge is 2.27. The number of H-pyrrole nitrogens is 1. The molecular formula is C21H16ClN5O6S. The molecule has 1 N–H and O–H groups in total. The number of methoxy groups -OCH3 is 2. The predicted molar refractivity (Wildman–Crippen MR) is 120 cm³/mol. The highest BCUT2D eigenvalue weighted by Crippen LogP contribution is 2.38. The number of nitrogens with one attached hydrogen (secondary N) is 1. The van der Waals surface area contributed by atoms with Gasteiger partial charge in [-0.3, -0.25) is 0 Å². The van der Waals surface area contributed by atoms with Crippen LogP contribution in [0.2, 0.25) is 5.02 Å². The van der Waals surface area contributed by atoms with E-state index in [1.165, 1.54) is 14.2 Å². The van der Waals surface area contributed by atoms with Gasteiger partial charge in [0.2, 0.25) is 9.84 Å². The monoisotopic (exact) mass is 501 g/mol. The van der Waals surface area contributed by atoms with Gasteiger partial charge in [-0.15, -0.1) is 5.10 Å². The lowest BCUT2D eigenvalue weighted by atomic mass is 10.2. The first-order valence-electron chi connectivity index (χ1n) is 9.77. The number of hydrogen-bond donors (Lipinski definition) is 1. The van der Waals surface area contributed by atoms with Crippen LogP contribution in [0.5, 0.6) is 11.5 Å². The van der Waals surface area contributed by atoms with E-state index in [0.29, 0.717) is 22.8 Å². The summed E-state index contributed by atoms with van der Waals surface area (Å²) in [5.74, 6) is 0.0737. The first-order valence-corrected chi connectivity index (χ1v) is 11.8. The molecule has 0 bridgehead atoms. The maximum atomic E-state index is 12.8. The van der Waals surface area contributed by atoms with Gasteiger partial charge in [-0.25, -0.2) is 8.42 Å². The quantitative estimate of drug-likeness (QED) is 0.348. The lowest BCUT2D eigenvalue weighted by Gasteiger charge is -2.09. The Balaban J connectivity index is 1.39. The van der Waals surface area contributed by atoms with E-state index in [1.807, 2.05) is 24.3 Å². The zero-order chi connectivity index (χ0) is 23.9. The smallest absolute Gasteiger partial charge is 0.336 e. The van der Waals surface area contributed by atoms with Gasteiger partial charge >= 0.3 is 5.22 Å². The van der Waals surface area contributed by atoms with Crippen molar-refractivity contribution in [2.45, 2.75) is 11.0 Å². The zero-order valence-electron chi connectivity index (χ0n) is 17.8. The van der Waals surface area contributed by atoms with Crippen LogP contribution in [0.25, 0.3) is 33.9 Å². The van der Waals surface area contributed by atoms with E-state index in [9.17, 15) is 8.42 Å². The Morgan fingerprint density at radius 3 is 2.47 bits per heavy atom. The Bertz CT molecular complexity index is 1550. The molecule has 2 aromatic carbocycles. The van der Waals surface area contributed by atoms with Crippen LogP contribution < -0.4 is 9.47 Å². The molecule has 34 heavy (non-hydrogen) atoms. The van der Waals surface area contributed by atoms with E-state index in [1.54, 1.807) is 18.2 Å². The van der Waals surface area contributed by atoms with E-state index >= 15 is 0 Å². The molecule has 0 fully saturated rings. The molecule has 3 aromatic heterocycles. The molecule has 0 aliphatic rings. The molecule has 0 unspecified atom stereocenters. The minimum absolute atomic E-state index is 0.0453. The summed E-state index contributed by atoms with van der Waals surface area (Å²) in [6, 6.07) is 12.5. The molecule has 0 amide bonds. The Morgan fingerprint density at radius 1 is 1.03 bits per heavy atom. The van der Waals surface area contributed by atoms with Gasteiger partial charge in [0.25, 0.3) is 11.8 Å². The fourth-order valence-electron chi connectivity index (χ4n) is 3.29. The van der Waals surface area contributed by atoms with Crippen LogP contribution in [-0.4, -0.2) is 48.0 Å². The van der Waals surface area contributed by atoms with Gasteiger partial charge in [0.05, 0.1) is 14.2 Å². The molecule has 13 heteroatoms. The first-order chi connectivity index (χ1) is 16.4. The van der Waals surface area contributed by atoms with E-state index in [2.05, 4.69) is 25.3 Å². The van der Waals surface area contributed by atoms with Crippen molar-refractivity contribution in [3.05, 3.63) is 53.3 Å². The molecule has 11 nitrogen and oxygen atoms in total. The van der Waals surface area contributed by atoms with Crippen molar-refractivity contribution in [3.63, 3.8) is 0 Å². The minimum Gasteiger partial charge on any atom is -0.495 e. The molecule has 0 aliphatic carbocycles. The molecule has 0 saturated heterocycles. The van der Waals surface area contributed by atoms with Gasteiger partial charge in [-0.05, 0) is 24.3 Å². The number of fused-ring (bicyclic) bond motifs is 1. The molecule has 0 spiro atoms. The Hall–Kier alpha value is -3.90. The Labute approximate surface area is 197 Å². The number of ether oxygens (including phenoxy) is 2. The molecule has 174 valence electrons. The third kappa shape index (κ3) is 3.97. The second-order valence-corrected chi connectivity index (χ2v) is 9.36. The summed E-state index contributed by atoms with van der Waals surface area (Å²) in [4.78, 5) is 7.27. The largest absolute Gasteiger partial charge is 0.495 e. The second kappa shape index (κ2) is 8.47. The first kappa shape index (κ1) is 21.9. The number of sulfone groups is 1. The minimum atomic E-state index is -4.04. The summed E-state index contributed by atoms with van der Waals surface area (Å²) in [5, 5.41) is 12.0. The fraction of sp³-hybridized carbons (Fsp3) is 0.143. The summed E-state index contributed by atoms with van der Waals surface area (Å²) < 4.78 is 46.8. The SMILES string of the molecule is COc1cc(-c2nc(CS(=O)(=O)c3nnc(-c4cc5ccccc5[nH]4)o3)no2)cc(OC)c1Cl. The lowest BCUT2D eigenvalue weighted by molar-refractivity contribution is 0.393. The van der Waals surface area contributed by atoms with Crippen LogP contribution in [0.4, 0.5) is 0 Å². The van der Waals surface area contributed by atoms with E-state index < -0.39 is 20.8 Å². The van der Waals surface area contributed by atoms with Gasteiger partial charge in [-0.1, -0.05) is 40.1 Å². The van der Waals surface area contributed by atoms with Crippen molar-refractivity contribution >= 4 is 32.3 Å². The molecule has 3 heterocycles. The third-order valence-corrected chi connectivity index (χ3v) is 6.62. The van der Waals surface area contributed by atoms with Gasteiger partial charge in [0, 0.05) is 16.5 Å². The van der Waals surface area contributed by atoms with Gasteiger partial charge in [0.1, 0.15) is 28.0 Å². The van der Waals surface area contributed by atoms with E-state index in [0.717, 1.165) is 10.9 Å². The van der Waals surface area contributed by atoms with Gasteiger partial charge < -0.3 is 23.4 Å². The third-order valence-electron chi connectivity index (χ3n) is 4.91. The molecule has 5 aromatic rings. The van der Waals surface area contributed by atoms with Crippen LogP contribution in [0.15, 0.2) is 56.6 Å². The summed E-state index contributed by atoms with van der Waals surface area (Å²) in [7, 11) is -1.14. The average Bonchev–Trinajstić information content (AvgIpc) is 3.58. The second-order valence-electron chi connectivity index (χ2n) is 7.11. The average molecular weight is 502 g/mol. The molecule has 0 saturated carbocycles. The normalized spacial score (nSPS) is 11.7. The maximum absolute atomic E-state index is 12.8. The highest BCUT2D eigenvalue weighted by atomic mass is 35.5. The summed E-state index contributed by atoms with van der Waals surface area (Å²) in [6.45, 7) is 0. The molecular weight excluding hydrogens is 486 g/mol. The number of hydrogen-bond acceptors (Lipinski definition) is 10. The highest BCUT2D eigenvalue weighted by molar-refractivity contribution is 7.90. The number of halogens is 1. The number of nitrogens with zero attached hydrogens (tertiary/aromatic N) is 4.